The third-order valence-corrected chi connectivity index (χ3v) is 9.30. The average Bonchev–Trinajstić information content (AvgIpc) is 3.46. The van der Waals surface area contributed by atoms with Crippen LogP contribution < -0.4 is 5.32 Å². The maximum atomic E-state index is 13.0. The fourth-order valence-corrected chi connectivity index (χ4v) is 7.07. The quantitative estimate of drug-likeness (QED) is 0.623. The van der Waals surface area contributed by atoms with Gasteiger partial charge in [0.25, 0.3) is 5.91 Å². The van der Waals surface area contributed by atoms with E-state index in [1.54, 1.807) is 0 Å². The molecule has 8 nitrogen and oxygen atoms in total. The smallest absolute Gasteiger partial charge is 0.341 e. The highest BCUT2D eigenvalue weighted by Gasteiger charge is 2.31. The third kappa shape index (κ3) is 4.70. The van der Waals surface area contributed by atoms with E-state index in [1.165, 1.54) is 47.0 Å². The monoisotopic (exact) mass is 491 g/mol. The lowest BCUT2D eigenvalue weighted by molar-refractivity contribution is 0.0600. The molecule has 0 spiro atoms. The minimum absolute atomic E-state index is 0.177. The van der Waals surface area contributed by atoms with E-state index < -0.39 is 21.9 Å². The number of nitrogens with one attached hydrogen (secondary N) is 1. The highest BCUT2D eigenvalue weighted by Crippen LogP contribution is 2.38. The summed E-state index contributed by atoms with van der Waals surface area (Å²) in [5.74, 6) is -0.863. The first-order chi connectivity index (χ1) is 15.7. The molecule has 3 heterocycles. The van der Waals surface area contributed by atoms with Gasteiger partial charge in [0.15, 0.2) is 0 Å². The van der Waals surface area contributed by atoms with E-state index in [-0.39, 0.29) is 4.90 Å². The van der Waals surface area contributed by atoms with Crippen molar-refractivity contribution in [3.63, 3.8) is 0 Å². The fourth-order valence-electron chi connectivity index (χ4n) is 4.30. The lowest BCUT2D eigenvalue weighted by Crippen LogP contribution is -2.35. The van der Waals surface area contributed by atoms with Crippen LogP contribution in [-0.4, -0.2) is 62.3 Å². The van der Waals surface area contributed by atoms with Crippen LogP contribution >= 0.6 is 11.3 Å². The molecule has 1 saturated heterocycles. The molecule has 1 aromatic carbocycles. The van der Waals surface area contributed by atoms with Crippen molar-refractivity contribution in [3.8, 4) is 0 Å². The van der Waals surface area contributed by atoms with Crippen molar-refractivity contribution in [2.24, 2.45) is 0 Å². The number of methoxy groups -OCH3 is 1. The van der Waals surface area contributed by atoms with E-state index >= 15 is 0 Å². The normalized spacial score (nSPS) is 17.2. The summed E-state index contributed by atoms with van der Waals surface area (Å²) in [7, 11) is -2.20. The first-order valence-corrected chi connectivity index (χ1v) is 13.4. The van der Waals surface area contributed by atoms with Gasteiger partial charge in [0.05, 0.1) is 17.6 Å². The Morgan fingerprint density at radius 1 is 1.09 bits per heavy atom. The number of rotatable bonds is 6. The van der Waals surface area contributed by atoms with Gasteiger partial charge in [0, 0.05) is 42.7 Å². The molecule has 0 bridgehead atoms. The van der Waals surface area contributed by atoms with Crippen LogP contribution in [0.5, 0.6) is 0 Å². The van der Waals surface area contributed by atoms with Gasteiger partial charge >= 0.3 is 5.97 Å². The second-order valence-corrected chi connectivity index (χ2v) is 11.6. The molecule has 2 aromatic rings. The SMILES string of the molecule is COC(=O)c1c(NC(=O)c2ccc(S(=O)(=O)N3CCCC3)cc2)sc2c1CCN(C(C)C)C2. The maximum absolute atomic E-state index is 13.0. The van der Waals surface area contributed by atoms with Crippen LogP contribution in [0.1, 0.15) is 57.8 Å². The van der Waals surface area contributed by atoms with Crippen LogP contribution in [0.3, 0.4) is 0 Å². The van der Waals surface area contributed by atoms with Crippen molar-refractivity contribution < 1.29 is 22.7 Å². The standard InChI is InChI=1S/C23H29N3O5S2/c1-15(2)25-13-10-18-19(14-25)32-22(20(18)23(28)31-3)24-21(27)16-6-8-17(9-7-16)33(29,30)26-11-4-5-12-26/h6-9,15H,4-5,10-14H2,1-3H3,(H,24,27). The lowest BCUT2D eigenvalue weighted by atomic mass is 10.0. The zero-order valence-corrected chi connectivity index (χ0v) is 20.7. The molecule has 0 unspecified atom stereocenters. The van der Waals surface area contributed by atoms with Crippen LogP contribution in [0.15, 0.2) is 29.2 Å². The molecule has 4 rings (SSSR count). The highest BCUT2D eigenvalue weighted by molar-refractivity contribution is 7.89. The second-order valence-electron chi connectivity index (χ2n) is 8.60. The Hall–Kier alpha value is -2.27. The Morgan fingerprint density at radius 3 is 2.36 bits per heavy atom. The molecular formula is C23H29N3O5S2. The Kier molecular flexibility index (Phi) is 6.90. The number of amides is 1. The number of sulfonamides is 1. The third-order valence-electron chi connectivity index (χ3n) is 6.25. The molecule has 0 saturated carbocycles. The van der Waals surface area contributed by atoms with Crippen LogP contribution in [0.25, 0.3) is 0 Å². The molecule has 1 aromatic heterocycles. The number of fused-ring (bicyclic) bond motifs is 1. The average molecular weight is 492 g/mol. The highest BCUT2D eigenvalue weighted by atomic mass is 32.2. The topological polar surface area (TPSA) is 96.0 Å². The van der Waals surface area contributed by atoms with E-state index in [4.69, 9.17) is 4.74 Å². The molecule has 2 aliphatic heterocycles. The van der Waals surface area contributed by atoms with E-state index in [1.807, 2.05) is 0 Å². The minimum atomic E-state index is -3.54. The predicted molar refractivity (Wildman–Crippen MR) is 127 cm³/mol. The molecule has 2 aliphatic rings. The van der Waals surface area contributed by atoms with Gasteiger partial charge in [-0.3, -0.25) is 9.69 Å². The van der Waals surface area contributed by atoms with Gasteiger partial charge in [0.1, 0.15) is 5.00 Å². The van der Waals surface area contributed by atoms with Crippen LogP contribution in [0.4, 0.5) is 5.00 Å². The van der Waals surface area contributed by atoms with Gasteiger partial charge in [-0.1, -0.05) is 0 Å². The molecule has 0 aliphatic carbocycles. The molecule has 1 amide bonds. The van der Waals surface area contributed by atoms with Crippen molar-refractivity contribution >= 4 is 38.2 Å². The summed E-state index contributed by atoms with van der Waals surface area (Å²) in [4.78, 5) is 29.0. The number of esters is 1. The van der Waals surface area contributed by atoms with Gasteiger partial charge in [-0.15, -0.1) is 11.3 Å². The summed E-state index contributed by atoms with van der Waals surface area (Å²) in [6.45, 7) is 6.88. The van der Waals surface area contributed by atoms with E-state index in [0.29, 0.717) is 41.7 Å². The zero-order chi connectivity index (χ0) is 23.8. The van der Waals surface area contributed by atoms with Gasteiger partial charge in [-0.05, 0) is 62.9 Å². The number of benzene rings is 1. The number of hydrogen-bond donors (Lipinski definition) is 1. The lowest BCUT2D eigenvalue weighted by Gasteiger charge is -2.30. The molecule has 178 valence electrons. The summed E-state index contributed by atoms with van der Waals surface area (Å²) >= 11 is 1.40. The van der Waals surface area contributed by atoms with Crippen LogP contribution in [-0.2, 0) is 27.7 Å². The van der Waals surface area contributed by atoms with Gasteiger partial charge in [-0.25, -0.2) is 13.2 Å². The number of nitrogens with zero attached hydrogens (tertiary/aromatic N) is 2. The summed E-state index contributed by atoms with van der Waals surface area (Å²) in [5.41, 5.74) is 1.68. The molecule has 33 heavy (non-hydrogen) atoms. The number of anilines is 1. The van der Waals surface area contributed by atoms with Gasteiger partial charge in [-0.2, -0.15) is 4.31 Å². The Bertz CT molecular complexity index is 1150. The van der Waals surface area contributed by atoms with Crippen molar-refractivity contribution in [2.75, 3.05) is 32.1 Å². The first kappa shape index (κ1) is 23.9. The Labute approximate surface area is 198 Å². The Balaban J connectivity index is 1.56. The second kappa shape index (κ2) is 9.54. The van der Waals surface area contributed by atoms with Gasteiger partial charge in [0.2, 0.25) is 10.0 Å². The van der Waals surface area contributed by atoms with Crippen LogP contribution in [0.2, 0.25) is 0 Å². The number of ether oxygens (including phenoxy) is 1. The van der Waals surface area contributed by atoms with E-state index in [2.05, 4.69) is 24.1 Å². The minimum Gasteiger partial charge on any atom is -0.465 e. The van der Waals surface area contributed by atoms with Crippen molar-refractivity contribution in [3.05, 3.63) is 45.8 Å². The molecule has 1 fully saturated rings. The number of carbonyl (C=O) groups is 2. The predicted octanol–water partition coefficient (Wildman–Crippen LogP) is 3.34. The van der Waals surface area contributed by atoms with Gasteiger partial charge < -0.3 is 10.1 Å². The molecule has 10 heteroatoms. The molecular weight excluding hydrogens is 462 g/mol. The van der Waals surface area contributed by atoms with E-state index in [0.717, 1.165) is 36.4 Å². The van der Waals surface area contributed by atoms with Crippen LogP contribution in [0, 0.1) is 0 Å². The largest absolute Gasteiger partial charge is 0.465 e. The maximum Gasteiger partial charge on any atom is 0.341 e. The molecule has 0 atom stereocenters. The summed E-state index contributed by atoms with van der Waals surface area (Å²) in [5, 5.41) is 3.33. The Morgan fingerprint density at radius 2 is 1.76 bits per heavy atom. The zero-order valence-electron chi connectivity index (χ0n) is 19.1. The first-order valence-electron chi connectivity index (χ1n) is 11.1. The number of carbonyl (C=O) groups excluding carboxylic acids is 2. The van der Waals surface area contributed by atoms with Crippen molar-refractivity contribution in [1.29, 1.82) is 0 Å². The summed E-state index contributed by atoms with van der Waals surface area (Å²) < 4.78 is 31.9. The molecule has 0 radical (unpaired) electrons. The summed E-state index contributed by atoms with van der Waals surface area (Å²) in [6.07, 6.45) is 2.44. The molecule has 1 N–H and O–H groups in total. The van der Waals surface area contributed by atoms with E-state index in [9.17, 15) is 18.0 Å². The number of hydrogen-bond acceptors (Lipinski definition) is 7. The number of thiophene rings is 1. The summed E-state index contributed by atoms with van der Waals surface area (Å²) in [6, 6.07) is 6.32. The van der Waals surface area contributed by atoms with Crippen molar-refractivity contribution in [1.82, 2.24) is 9.21 Å². The fraction of sp³-hybridized carbons (Fsp3) is 0.478. The van der Waals surface area contributed by atoms with Crippen molar-refractivity contribution in [2.45, 2.75) is 50.6 Å².